The van der Waals surface area contributed by atoms with E-state index < -0.39 is 0 Å². The number of nitrogens with zero attached hydrogens (tertiary/aromatic N) is 1. The molecule has 3 heterocycles. The highest BCUT2D eigenvalue weighted by Gasteiger charge is 2.34. The second-order valence-corrected chi connectivity index (χ2v) is 6.97. The van der Waals surface area contributed by atoms with Gasteiger partial charge < -0.3 is 10.2 Å². The monoisotopic (exact) mass is 302 g/mol. The summed E-state index contributed by atoms with van der Waals surface area (Å²) in [5, 5.41) is 5.04. The zero-order chi connectivity index (χ0) is 14.7. The van der Waals surface area contributed by atoms with Gasteiger partial charge in [0.25, 0.3) is 0 Å². The number of thioether (sulfide) groups is 1. The number of nitrogens with one attached hydrogen (secondary N) is 1. The van der Waals surface area contributed by atoms with Crippen molar-refractivity contribution in [3.63, 3.8) is 0 Å². The lowest BCUT2D eigenvalue weighted by molar-refractivity contribution is -0.118. The molecule has 0 aliphatic carbocycles. The first-order valence-corrected chi connectivity index (χ1v) is 8.51. The fourth-order valence-corrected chi connectivity index (χ4v) is 3.79. The molecule has 3 fully saturated rings. The lowest BCUT2D eigenvalue weighted by atomic mass is 9.84. The minimum Gasteiger partial charge on any atom is -0.348 e. The van der Waals surface area contributed by atoms with Gasteiger partial charge >= 0.3 is 0 Å². The highest BCUT2D eigenvalue weighted by atomic mass is 32.2. The Morgan fingerprint density at radius 3 is 2.62 bits per heavy atom. The van der Waals surface area contributed by atoms with Crippen molar-refractivity contribution in [3.05, 3.63) is 41.3 Å². The Morgan fingerprint density at radius 2 is 2.00 bits per heavy atom. The van der Waals surface area contributed by atoms with Crippen molar-refractivity contribution in [1.82, 2.24) is 10.2 Å². The molecule has 1 amide bonds. The standard InChI is InChI=1S/C17H22N2OS/c1-13-2-4-15(5-3-13)21-11-8-17(20)18-16-12-19-9-6-14(16)7-10-19/h2-5,8,11,14,16H,6-7,9-10,12H2,1H3,(H,18,20)/b11-8+. The number of rotatable bonds is 4. The van der Waals surface area contributed by atoms with Crippen LogP contribution in [0.4, 0.5) is 0 Å². The van der Waals surface area contributed by atoms with Crippen molar-refractivity contribution >= 4 is 17.7 Å². The van der Waals surface area contributed by atoms with Crippen LogP contribution in [0, 0.1) is 12.8 Å². The maximum atomic E-state index is 12.0. The second-order valence-electron chi connectivity index (χ2n) is 5.99. The molecule has 112 valence electrons. The molecule has 1 unspecified atom stereocenters. The average molecular weight is 302 g/mol. The highest BCUT2D eigenvalue weighted by molar-refractivity contribution is 8.02. The zero-order valence-corrected chi connectivity index (χ0v) is 13.2. The third kappa shape index (κ3) is 3.89. The summed E-state index contributed by atoms with van der Waals surface area (Å²) in [7, 11) is 0. The Balaban J connectivity index is 1.47. The molecule has 0 spiro atoms. The van der Waals surface area contributed by atoms with Gasteiger partial charge in [0.15, 0.2) is 0 Å². The largest absolute Gasteiger partial charge is 0.348 e. The molecule has 1 aromatic rings. The lowest BCUT2D eigenvalue weighted by Crippen LogP contribution is -2.57. The molecule has 3 aliphatic rings. The van der Waals surface area contributed by atoms with Crippen molar-refractivity contribution in [2.24, 2.45) is 5.92 Å². The number of hydrogen-bond donors (Lipinski definition) is 1. The number of aryl methyl sites for hydroxylation is 1. The zero-order valence-electron chi connectivity index (χ0n) is 12.4. The molecule has 3 saturated heterocycles. The van der Waals surface area contributed by atoms with E-state index in [1.54, 1.807) is 17.8 Å². The van der Waals surface area contributed by atoms with Crippen LogP contribution < -0.4 is 5.32 Å². The van der Waals surface area contributed by atoms with Crippen LogP contribution in [0.5, 0.6) is 0 Å². The van der Waals surface area contributed by atoms with Crippen molar-refractivity contribution in [3.8, 4) is 0 Å². The van der Waals surface area contributed by atoms with Crippen molar-refractivity contribution < 1.29 is 4.79 Å². The molecule has 21 heavy (non-hydrogen) atoms. The maximum Gasteiger partial charge on any atom is 0.244 e. The van der Waals surface area contributed by atoms with Crippen LogP contribution >= 0.6 is 11.8 Å². The Kier molecular flexibility index (Phi) is 4.66. The quantitative estimate of drug-likeness (QED) is 0.686. The van der Waals surface area contributed by atoms with Gasteiger partial charge in [-0.15, -0.1) is 0 Å². The molecule has 0 aromatic heterocycles. The number of piperidine rings is 3. The van der Waals surface area contributed by atoms with Gasteiger partial charge in [-0.05, 0) is 56.3 Å². The predicted molar refractivity (Wildman–Crippen MR) is 87.3 cm³/mol. The van der Waals surface area contributed by atoms with E-state index in [0.717, 1.165) is 11.4 Å². The maximum absolute atomic E-state index is 12.0. The van der Waals surface area contributed by atoms with E-state index in [1.807, 2.05) is 5.41 Å². The van der Waals surface area contributed by atoms with E-state index >= 15 is 0 Å². The minimum atomic E-state index is 0.0355. The normalized spacial score (nSPS) is 28.0. The van der Waals surface area contributed by atoms with Crippen LogP contribution in [0.1, 0.15) is 18.4 Å². The lowest BCUT2D eigenvalue weighted by Gasteiger charge is -2.44. The number of fused-ring (bicyclic) bond motifs is 3. The summed E-state index contributed by atoms with van der Waals surface area (Å²) in [5.41, 5.74) is 1.25. The highest BCUT2D eigenvalue weighted by Crippen LogP contribution is 2.27. The number of amides is 1. The Labute approximate surface area is 130 Å². The van der Waals surface area contributed by atoms with Crippen molar-refractivity contribution in [2.45, 2.75) is 30.7 Å². The van der Waals surface area contributed by atoms with Gasteiger partial charge in [-0.25, -0.2) is 0 Å². The van der Waals surface area contributed by atoms with Crippen LogP contribution in [-0.4, -0.2) is 36.5 Å². The van der Waals surface area contributed by atoms with Gasteiger partial charge in [0.1, 0.15) is 0 Å². The van der Waals surface area contributed by atoms with Gasteiger partial charge in [0.2, 0.25) is 5.91 Å². The number of carbonyl (C=O) groups is 1. The van der Waals surface area contributed by atoms with Crippen LogP contribution in [0.2, 0.25) is 0 Å². The topological polar surface area (TPSA) is 32.3 Å². The Morgan fingerprint density at radius 1 is 1.29 bits per heavy atom. The first-order valence-electron chi connectivity index (χ1n) is 7.63. The van der Waals surface area contributed by atoms with Crippen molar-refractivity contribution in [1.29, 1.82) is 0 Å². The summed E-state index contributed by atoms with van der Waals surface area (Å²) >= 11 is 1.58. The number of carbonyl (C=O) groups excluding carboxylic acids is 1. The second kappa shape index (κ2) is 6.67. The van der Waals surface area contributed by atoms with Gasteiger partial charge in [-0.3, -0.25) is 4.79 Å². The molecular weight excluding hydrogens is 280 g/mol. The van der Waals surface area contributed by atoms with Gasteiger partial charge in [-0.1, -0.05) is 29.5 Å². The average Bonchev–Trinajstić information content (AvgIpc) is 2.50. The molecule has 2 bridgehead atoms. The summed E-state index contributed by atoms with van der Waals surface area (Å²) in [5.74, 6) is 0.713. The smallest absolute Gasteiger partial charge is 0.244 e. The van der Waals surface area contributed by atoms with Crippen LogP contribution in [0.15, 0.2) is 40.6 Å². The Bertz CT molecular complexity index is 518. The molecule has 0 saturated carbocycles. The first kappa shape index (κ1) is 14.7. The number of hydrogen-bond acceptors (Lipinski definition) is 3. The number of benzene rings is 1. The van der Waals surface area contributed by atoms with E-state index in [2.05, 4.69) is 41.4 Å². The molecule has 3 aliphatic heterocycles. The molecule has 1 N–H and O–H groups in total. The fraction of sp³-hybridized carbons (Fsp3) is 0.471. The van der Waals surface area contributed by atoms with Crippen molar-refractivity contribution in [2.75, 3.05) is 19.6 Å². The van der Waals surface area contributed by atoms with Gasteiger partial charge in [0, 0.05) is 23.6 Å². The third-order valence-electron chi connectivity index (χ3n) is 4.43. The molecule has 1 atom stereocenters. The van der Waals surface area contributed by atoms with Crippen LogP contribution in [0.25, 0.3) is 0 Å². The predicted octanol–water partition coefficient (Wildman–Crippen LogP) is 2.81. The summed E-state index contributed by atoms with van der Waals surface area (Å²) < 4.78 is 0. The Hall–Kier alpha value is -1.26. The fourth-order valence-electron chi connectivity index (χ4n) is 3.15. The molecule has 4 rings (SSSR count). The molecule has 4 heteroatoms. The summed E-state index contributed by atoms with van der Waals surface area (Å²) in [6.07, 6.45) is 4.11. The van der Waals surface area contributed by atoms with E-state index in [0.29, 0.717) is 12.0 Å². The molecule has 3 nitrogen and oxygen atoms in total. The van der Waals surface area contributed by atoms with E-state index in [4.69, 9.17) is 0 Å². The van der Waals surface area contributed by atoms with E-state index in [-0.39, 0.29) is 5.91 Å². The molecular formula is C17H22N2OS. The summed E-state index contributed by atoms with van der Waals surface area (Å²) in [4.78, 5) is 15.6. The van der Waals surface area contributed by atoms with Crippen LogP contribution in [-0.2, 0) is 4.79 Å². The molecule has 1 aromatic carbocycles. The third-order valence-corrected chi connectivity index (χ3v) is 5.24. The van der Waals surface area contributed by atoms with Crippen LogP contribution in [0.3, 0.4) is 0 Å². The SMILES string of the molecule is Cc1ccc(S/C=C/C(=O)NC2CN3CCC2CC3)cc1. The minimum absolute atomic E-state index is 0.0355. The van der Waals surface area contributed by atoms with E-state index in [9.17, 15) is 4.79 Å². The van der Waals surface area contributed by atoms with Gasteiger partial charge in [0.05, 0.1) is 0 Å². The van der Waals surface area contributed by atoms with E-state index in [1.165, 1.54) is 31.5 Å². The van der Waals surface area contributed by atoms with Gasteiger partial charge in [-0.2, -0.15) is 0 Å². The molecule has 0 radical (unpaired) electrons. The first-order chi connectivity index (χ1) is 10.2. The summed E-state index contributed by atoms with van der Waals surface area (Å²) in [6.45, 7) is 5.51. The summed E-state index contributed by atoms with van der Waals surface area (Å²) in [6, 6.07) is 8.67.